The summed E-state index contributed by atoms with van der Waals surface area (Å²) in [5.74, 6) is 0.842. The fourth-order valence-corrected chi connectivity index (χ4v) is 3.17. The van der Waals surface area contributed by atoms with E-state index in [0.717, 1.165) is 11.0 Å². The number of hydrogen-bond donors (Lipinski definition) is 1. The fourth-order valence-electron chi connectivity index (χ4n) is 1.85. The Kier molecular flexibility index (Phi) is 2.77. The van der Waals surface area contributed by atoms with Crippen LogP contribution in [0.1, 0.15) is 37.8 Å². The average molecular weight is 210 g/mol. The van der Waals surface area contributed by atoms with E-state index in [0.29, 0.717) is 6.04 Å². The van der Waals surface area contributed by atoms with Gasteiger partial charge in [-0.25, -0.2) is 4.98 Å². The molecule has 0 saturated heterocycles. The first-order valence-electron chi connectivity index (χ1n) is 5.40. The van der Waals surface area contributed by atoms with Gasteiger partial charge in [-0.3, -0.25) is 0 Å². The quantitative estimate of drug-likeness (QED) is 0.811. The van der Waals surface area contributed by atoms with Crippen molar-refractivity contribution in [2.45, 2.75) is 46.1 Å². The molecule has 2 rings (SSSR count). The zero-order valence-corrected chi connectivity index (χ0v) is 9.95. The summed E-state index contributed by atoms with van der Waals surface area (Å²) in [6, 6.07) is 0.486. The van der Waals surface area contributed by atoms with Gasteiger partial charge in [0.2, 0.25) is 0 Å². The lowest BCUT2D eigenvalue weighted by molar-refractivity contribution is 0.502. The maximum Gasteiger partial charge on any atom is 0.183 e. The molecule has 1 aliphatic carbocycles. The van der Waals surface area contributed by atoms with Crippen LogP contribution in [0.4, 0.5) is 5.13 Å². The third kappa shape index (κ3) is 2.08. The number of thiazole rings is 1. The number of nitrogens with zero attached hydrogens (tertiary/aromatic N) is 1. The van der Waals surface area contributed by atoms with Gasteiger partial charge in [-0.2, -0.15) is 0 Å². The van der Waals surface area contributed by atoms with Crippen LogP contribution in [-0.4, -0.2) is 11.0 Å². The molecular formula is C11H18N2S. The van der Waals surface area contributed by atoms with E-state index in [4.69, 9.17) is 0 Å². The molecule has 0 spiro atoms. The highest BCUT2D eigenvalue weighted by Crippen LogP contribution is 2.32. The van der Waals surface area contributed by atoms with E-state index >= 15 is 0 Å². The minimum Gasteiger partial charge on any atom is -0.359 e. The van der Waals surface area contributed by atoms with Crippen molar-refractivity contribution in [3.63, 3.8) is 0 Å². The van der Waals surface area contributed by atoms with Crippen LogP contribution in [0, 0.1) is 5.92 Å². The van der Waals surface area contributed by atoms with Crippen molar-refractivity contribution >= 4 is 16.5 Å². The van der Waals surface area contributed by atoms with Crippen molar-refractivity contribution in [1.29, 1.82) is 0 Å². The van der Waals surface area contributed by atoms with Crippen molar-refractivity contribution in [3.05, 3.63) is 10.6 Å². The lowest BCUT2D eigenvalue weighted by Crippen LogP contribution is -2.10. The smallest absolute Gasteiger partial charge is 0.183 e. The number of aryl methyl sites for hydroxylation is 1. The topological polar surface area (TPSA) is 24.9 Å². The maximum absolute atomic E-state index is 4.63. The van der Waals surface area contributed by atoms with Gasteiger partial charge in [0.1, 0.15) is 0 Å². The molecule has 0 radical (unpaired) electrons. The van der Waals surface area contributed by atoms with E-state index in [1.807, 2.05) is 11.3 Å². The average Bonchev–Trinajstić information content (AvgIpc) is 2.44. The largest absolute Gasteiger partial charge is 0.359 e. The van der Waals surface area contributed by atoms with Gasteiger partial charge in [0, 0.05) is 10.9 Å². The summed E-state index contributed by atoms with van der Waals surface area (Å²) in [5, 5.41) is 4.49. The van der Waals surface area contributed by atoms with Gasteiger partial charge in [-0.05, 0) is 39.0 Å². The Morgan fingerprint density at radius 3 is 3.00 bits per heavy atom. The molecule has 3 heteroatoms. The highest BCUT2D eigenvalue weighted by Gasteiger charge is 2.19. The molecule has 1 N–H and O–H groups in total. The van der Waals surface area contributed by atoms with Gasteiger partial charge < -0.3 is 5.32 Å². The fraction of sp³-hybridized carbons (Fsp3) is 0.727. The van der Waals surface area contributed by atoms with Crippen LogP contribution in [0.5, 0.6) is 0 Å². The second kappa shape index (κ2) is 3.89. The minimum atomic E-state index is 0.486. The Balaban J connectivity index is 2.15. The molecule has 0 aliphatic heterocycles. The van der Waals surface area contributed by atoms with Crippen LogP contribution in [0.15, 0.2) is 0 Å². The molecule has 0 bridgehead atoms. The molecule has 1 unspecified atom stereocenters. The SMILES string of the molecule is CC1CCc2nc(NC(C)C)sc2C1. The Labute approximate surface area is 89.8 Å². The van der Waals surface area contributed by atoms with Gasteiger partial charge >= 0.3 is 0 Å². The van der Waals surface area contributed by atoms with Crippen LogP contribution in [-0.2, 0) is 12.8 Å². The number of anilines is 1. The molecule has 0 fully saturated rings. The van der Waals surface area contributed by atoms with Crippen molar-refractivity contribution < 1.29 is 0 Å². The highest BCUT2D eigenvalue weighted by molar-refractivity contribution is 7.15. The minimum absolute atomic E-state index is 0.486. The first kappa shape index (κ1) is 9.97. The van der Waals surface area contributed by atoms with Crippen molar-refractivity contribution in [2.75, 3.05) is 5.32 Å². The third-order valence-electron chi connectivity index (χ3n) is 2.60. The van der Waals surface area contributed by atoms with Crippen LogP contribution in [0.3, 0.4) is 0 Å². The molecule has 78 valence electrons. The zero-order chi connectivity index (χ0) is 10.1. The Morgan fingerprint density at radius 1 is 1.50 bits per heavy atom. The van der Waals surface area contributed by atoms with E-state index in [1.54, 1.807) is 0 Å². The molecule has 14 heavy (non-hydrogen) atoms. The number of rotatable bonds is 2. The van der Waals surface area contributed by atoms with Gasteiger partial charge in [-0.1, -0.05) is 6.92 Å². The number of fused-ring (bicyclic) bond motifs is 1. The normalized spacial score (nSPS) is 21.0. The van der Waals surface area contributed by atoms with Gasteiger partial charge in [0.25, 0.3) is 0 Å². The molecule has 0 amide bonds. The molecule has 0 aromatic carbocycles. The Hall–Kier alpha value is -0.570. The summed E-state index contributed by atoms with van der Waals surface area (Å²) in [7, 11) is 0. The van der Waals surface area contributed by atoms with E-state index < -0.39 is 0 Å². The molecule has 1 aromatic heterocycles. The molecule has 1 heterocycles. The Bertz CT molecular complexity index is 317. The predicted molar refractivity (Wildman–Crippen MR) is 62.1 cm³/mol. The van der Waals surface area contributed by atoms with Gasteiger partial charge in [0.15, 0.2) is 5.13 Å². The first-order valence-corrected chi connectivity index (χ1v) is 6.22. The lowest BCUT2D eigenvalue weighted by Gasteiger charge is -2.15. The predicted octanol–water partition coefficient (Wildman–Crippen LogP) is 3.09. The van der Waals surface area contributed by atoms with Crippen molar-refractivity contribution in [3.8, 4) is 0 Å². The summed E-state index contributed by atoms with van der Waals surface area (Å²) in [6.45, 7) is 6.64. The molecule has 1 aromatic rings. The standard InChI is InChI=1S/C11H18N2S/c1-7(2)12-11-13-9-5-4-8(3)6-10(9)14-11/h7-8H,4-6H2,1-3H3,(H,12,13). The summed E-state index contributed by atoms with van der Waals surface area (Å²) in [4.78, 5) is 6.14. The highest BCUT2D eigenvalue weighted by atomic mass is 32.1. The van der Waals surface area contributed by atoms with Crippen LogP contribution in [0.2, 0.25) is 0 Å². The van der Waals surface area contributed by atoms with Crippen LogP contribution < -0.4 is 5.32 Å². The van der Waals surface area contributed by atoms with Gasteiger partial charge in [0.05, 0.1) is 5.69 Å². The monoisotopic (exact) mass is 210 g/mol. The maximum atomic E-state index is 4.63. The molecule has 2 nitrogen and oxygen atoms in total. The van der Waals surface area contributed by atoms with E-state index in [9.17, 15) is 0 Å². The van der Waals surface area contributed by atoms with E-state index in [1.165, 1.54) is 29.8 Å². The number of nitrogens with one attached hydrogen (secondary N) is 1. The first-order chi connectivity index (χ1) is 6.65. The number of aromatic nitrogens is 1. The van der Waals surface area contributed by atoms with Crippen LogP contribution >= 0.6 is 11.3 Å². The summed E-state index contributed by atoms with van der Waals surface area (Å²) in [6.07, 6.45) is 3.71. The summed E-state index contributed by atoms with van der Waals surface area (Å²) in [5.41, 5.74) is 1.34. The van der Waals surface area contributed by atoms with E-state index in [2.05, 4.69) is 31.1 Å². The van der Waals surface area contributed by atoms with Gasteiger partial charge in [-0.15, -0.1) is 11.3 Å². The molecule has 1 atom stereocenters. The zero-order valence-electron chi connectivity index (χ0n) is 9.13. The summed E-state index contributed by atoms with van der Waals surface area (Å²) >= 11 is 1.85. The molecule has 0 saturated carbocycles. The van der Waals surface area contributed by atoms with Crippen molar-refractivity contribution in [1.82, 2.24) is 4.98 Å². The molecule has 1 aliphatic rings. The summed E-state index contributed by atoms with van der Waals surface area (Å²) < 4.78 is 0. The number of hydrogen-bond acceptors (Lipinski definition) is 3. The van der Waals surface area contributed by atoms with Crippen molar-refractivity contribution in [2.24, 2.45) is 5.92 Å². The second-order valence-corrected chi connectivity index (χ2v) is 5.62. The third-order valence-corrected chi connectivity index (χ3v) is 3.65. The second-order valence-electron chi connectivity index (χ2n) is 4.54. The van der Waals surface area contributed by atoms with Crippen LogP contribution in [0.25, 0.3) is 0 Å². The Morgan fingerprint density at radius 2 is 2.29 bits per heavy atom. The lowest BCUT2D eigenvalue weighted by atomic mass is 9.93. The molecular weight excluding hydrogens is 192 g/mol. The van der Waals surface area contributed by atoms with E-state index in [-0.39, 0.29) is 0 Å².